The third-order valence-corrected chi connectivity index (χ3v) is 4.57. The van der Waals surface area contributed by atoms with Gasteiger partial charge in [-0.25, -0.2) is 4.99 Å². The summed E-state index contributed by atoms with van der Waals surface area (Å²) in [5.74, 6) is 0.887. The number of halogens is 1. The lowest BCUT2D eigenvalue weighted by Crippen LogP contribution is -2.36. The average molecular weight is 444 g/mol. The molecule has 0 aromatic heterocycles. The van der Waals surface area contributed by atoms with Gasteiger partial charge in [-0.15, -0.1) is 24.0 Å². The number of hydrogen-bond donors (Lipinski definition) is 2. The van der Waals surface area contributed by atoms with Crippen LogP contribution in [0.1, 0.15) is 51.5 Å². The number of benzene rings is 1. The SMILES string of the molecule is CCNC(=NCc1ccc(N(C)C2CCCCC2)cc1)NCC.I. The summed E-state index contributed by atoms with van der Waals surface area (Å²) in [5.41, 5.74) is 2.57. The van der Waals surface area contributed by atoms with Gasteiger partial charge in [0, 0.05) is 31.9 Å². The molecule has 1 saturated carbocycles. The summed E-state index contributed by atoms with van der Waals surface area (Å²) in [4.78, 5) is 7.07. The summed E-state index contributed by atoms with van der Waals surface area (Å²) in [6, 6.07) is 9.59. The zero-order valence-electron chi connectivity index (χ0n) is 15.3. The van der Waals surface area contributed by atoms with Gasteiger partial charge in [-0.2, -0.15) is 0 Å². The van der Waals surface area contributed by atoms with E-state index < -0.39 is 0 Å². The van der Waals surface area contributed by atoms with Crippen LogP contribution in [0.5, 0.6) is 0 Å². The van der Waals surface area contributed by atoms with Crippen LogP contribution < -0.4 is 15.5 Å². The van der Waals surface area contributed by atoms with Gasteiger partial charge in [0.25, 0.3) is 0 Å². The molecule has 0 radical (unpaired) electrons. The van der Waals surface area contributed by atoms with Crippen LogP contribution in [0.25, 0.3) is 0 Å². The van der Waals surface area contributed by atoms with Crippen molar-refractivity contribution >= 4 is 35.6 Å². The van der Waals surface area contributed by atoms with Gasteiger partial charge in [-0.05, 0) is 44.4 Å². The molecule has 0 aliphatic heterocycles. The fraction of sp³-hybridized carbons (Fsp3) is 0.632. The maximum absolute atomic E-state index is 4.62. The Morgan fingerprint density at radius 2 is 1.62 bits per heavy atom. The van der Waals surface area contributed by atoms with E-state index in [9.17, 15) is 0 Å². The number of aliphatic imine (C=N–C) groups is 1. The predicted octanol–water partition coefficient (Wildman–Crippen LogP) is 4.15. The largest absolute Gasteiger partial charge is 0.372 e. The highest BCUT2D eigenvalue weighted by molar-refractivity contribution is 14.0. The predicted molar refractivity (Wildman–Crippen MR) is 116 cm³/mol. The molecule has 1 aromatic rings. The van der Waals surface area contributed by atoms with Crippen molar-refractivity contribution in [1.82, 2.24) is 10.6 Å². The molecule has 0 unspecified atom stereocenters. The number of anilines is 1. The Hall–Kier alpha value is -0.980. The van der Waals surface area contributed by atoms with Crippen molar-refractivity contribution in [3.63, 3.8) is 0 Å². The third kappa shape index (κ3) is 6.49. The molecule has 2 rings (SSSR count). The molecule has 0 amide bonds. The van der Waals surface area contributed by atoms with E-state index in [-0.39, 0.29) is 24.0 Å². The van der Waals surface area contributed by atoms with E-state index in [1.807, 2.05) is 0 Å². The van der Waals surface area contributed by atoms with Crippen molar-refractivity contribution in [2.45, 2.75) is 58.5 Å². The number of guanidine groups is 1. The minimum absolute atomic E-state index is 0. The Balaban J connectivity index is 0.00000288. The molecule has 4 nitrogen and oxygen atoms in total. The molecule has 1 aliphatic rings. The molecular formula is C19H33IN4. The van der Waals surface area contributed by atoms with Crippen LogP contribution in [-0.2, 0) is 6.54 Å². The molecule has 1 aromatic carbocycles. The second kappa shape index (κ2) is 11.6. The van der Waals surface area contributed by atoms with Gasteiger partial charge < -0.3 is 15.5 Å². The van der Waals surface area contributed by atoms with Crippen LogP contribution >= 0.6 is 24.0 Å². The van der Waals surface area contributed by atoms with Gasteiger partial charge in [-0.1, -0.05) is 31.4 Å². The maximum Gasteiger partial charge on any atom is 0.191 e. The molecule has 0 atom stereocenters. The lowest BCUT2D eigenvalue weighted by molar-refractivity contribution is 0.427. The highest BCUT2D eigenvalue weighted by Crippen LogP contribution is 2.26. The highest BCUT2D eigenvalue weighted by atomic mass is 127. The van der Waals surface area contributed by atoms with E-state index in [1.54, 1.807) is 0 Å². The van der Waals surface area contributed by atoms with Gasteiger partial charge in [0.15, 0.2) is 5.96 Å². The summed E-state index contributed by atoms with van der Waals surface area (Å²) in [5, 5.41) is 6.51. The Morgan fingerprint density at radius 3 is 2.17 bits per heavy atom. The number of nitrogens with one attached hydrogen (secondary N) is 2. The molecule has 136 valence electrons. The molecule has 0 heterocycles. The monoisotopic (exact) mass is 444 g/mol. The van der Waals surface area contributed by atoms with E-state index in [4.69, 9.17) is 0 Å². The first-order valence-corrected chi connectivity index (χ1v) is 9.08. The third-order valence-electron chi connectivity index (χ3n) is 4.57. The van der Waals surface area contributed by atoms with Crippen molar-refractivity contribution in [3.8, 4) is 0 Å². The summed E-state index contributed by atoms with van der Waals surface area (Å²) in [7, 11) is 2.23. The zero-order valence-corrected chi connectivity index (χ0v) is 17.7. The van der Waals surface area contributed by atoms with Crippen molar-refractivity contribution in [1.29, 1.82) is 0 Å². The Morgan fingerprint density at radius 1 is 1.04 bits per heavy atom. The minimum atomic E-state index is 0. The topological polar surface area (TPSA) is 39.7 Å². The first-order valence-electron chi connectivity index (χ1n) is 9.08. The lowest BCUT2D eigenvalue weighted by atomic mass is 9.94. The smallest absolute Gasteiger partial charge is 0.191 e. The molecule has 1 fully saturated rings. The van der Waals surface area contributed by atoms with E-state index in [1.165, 1.54) is 43.4 Å². The second-order valence-corrected chi connectivity index (χ2v) is 6.29. The second-order valence-electron chi connectivity index (χ2n) is 6.29. The highest BCUT2D eigenvalue weighted by Gasteiger charge is 2.18. The summed E-state index contributed by atoms with van der Waals surface area (Å²) in [6.45, 7) is 6.65. The fourth-order valence-electron chi connectivity index (χ4n) is 3.20. The van der Waals surface area contributed by atoms with Crippen molar-refractivity contribution < 1.29 is 0 Å². The number of rotatable bonds is 6. The first-order chi connectivity index (χ1) is 11.2. The Labute approximate surface area is 164 Å². The Bertz CT molecular complexity index is 473. The average Bonchev–Trinajstić information content (AvgIpc) is 2.61. The van der Waals surface area contributed by atoms with Crippen molar-refractivity contribution in [3.05, 3.63) is 29.8 Å². The number of nitrogens with zero attached hydrogens (tertiary/aromatic N) is 2. The summed E-state index contributed by atoms with van der Waals surface area (Å²) in [6.07, 6.45) is 6.81. The zero-order chi connectivity index (χ0) is 16.5. The van der Waals surface area contributed by atoms with Gasteiger partial charge >= 0.3 is 0 Å². The van der Waals surface area contributed by atoms with Crippen LogP contribution in [-0.4, -0.2) is 32.1 Å². The lowest BCUT2D eigenvalue weighted by Gasteiger charge is -2.33. The van der Waals surface area contributed by atoms with E-state index >= 15 is 0 Å². The number of hydrogen-bond acceptors (Lipinski definition) is 2. The molecule has 5 heteroatoms. The molecule has 0 bridgehead atoms. The standard InChI is InChI=1S/C19H32N4.HI/c1-4-20-19(21-5-2)22-15-16-11-13-18(14-12-16)23(3)17-9-7-6-8-10-17;/h11-14,17H,4-10,15H2,1-3H3,(H2,20,21,22);1H. The van der Waals surface area contributed by atoms with E-state index in [2.05, 4.69) is 65.7 Å². The van der Waals surface area contributed by atoms with Crippen LogP contribution in [0.4, 0.5) is 5.69 Å². The maximum atomic E-state index is 4.62. The minimum Gasteiger partial charge on any atom is -0.372 e. The van der Waals surface area contributed by atoms with Crippen LogP contribution in [0.15, 0.2) is 29.3 Å². The summed E-state index contributed by atoms with van der Waals surface area (Å²) < 4.78 is 0. The molecule has 24 heavy (non-hydrogen) atoms. The van der Waals surface area contributed by atoms with Crippen molar-refractivity contribution in [2.75, 3.05) is 25.0 Å². The molecular weight excluding hydrogens is 411 g/mol. The molecule has 0 spiro atoms. The van der Waals surface area contributed by atoms with Gasteiger partial charge in [0.1, 0.15) is 0 Å². The van der Waals surface area contributed by atoms with Crippen LogP contribution in [0.3, 0.4) is 0 Å². The van der Waals surface area contributed by atoms with Gasteiger partial charge in [-0.3, -0.25) is 0 Å². The van der Waals surface area contributed by atoms with Crippen LogP contribution in [0.2, 0.25) is 0 Å². The first kappa shape index (κ1) is 21.1. The quantitative estimate of drug-likeness (QED) is 0.394. The van der Waals surface area contributed by atoms with Gasteiger partial charge in [0.2, 0.25) is 0 Å². The normalized spacial score (nSPS) is 14.5. The molecule has 0 saturated heterocycles. The summed E-state index contributed by atoms with van der Waals surface area (Å²) >= 11 is 0. The fourth-order valence-corrected chi connectivity index (χ4v) is 3.20. The van der Waals surface area contributed by atoms with Crippen LogP contribution in [0, 0.1) is 0 Å². The van der Waals surface area contributed by atoms with E-state index in [0.29, 0.717) is 12.6 Å². The Kier molecular flexibility index (Phi) is 10.1. The van der Waals surface area contributed by atoms with Gasteiger partial charge in [0.05, 0.1) is 6.54 Å². The molecule has 2 N–H and O–H groups in total. The van der Waals surface area contributed by atoms with E-state index in [0.717, 1.165) is 19.0 Å². The van der Waals surface area contributed by atoms with Crippen molar-refractivity contribution in [2.24, 2.45) is 4.99 Å². The molecule has 1 aliphatic carbocycles.